The van der Waals surface area contributed by atoms with E-state index in [1.54, 1.807) is 13.8 Å². The Hall–Kier alpha value is -8.27. The third-order valence-electron chi connectivity index (χ3n) is 12.8. The number of Topliss-reactive ketones (excluding diaryl/α,β-unsaturated/α-hetero) is 1. The van der Waals surface area contributed by atoms with E-state index < -0.39 is 138 Å². The summed E-state index contributed by atoms with van der Waals surface area (Å²) in [4.78, 5) is 150. The smallest absolute Gasteiger partial charge is 0.303 e. The van der Waals surface area contributed by atoms with Crippen LogP contribution in [0.4, 0.5) is 5.69 Å². The van der Waals surface area contributed by atoms with E-state index in [2.05, 4.69) is 47.5 Å². The van der Waals surface area contributed by atoms with Crippen LogP contribution >= 0.6 is 0 Å². The lowest BCUT2D eigenvalue weighted by Gasteiger charge is -2.29. The monoisotopic (exact) mass is 1140 g/mol. The summed E-state index contributed by atoms with van der Waals surface area (Å²) in [6, 6.07) is -1.35. The van der Waals surface area contributed by atoms with Crippen LogP contribution < -0.4 is 65.5 Å². The predicted octanol–water partition coefficient (Wildman–Crippen LogP) is -1.19. The molecule has 2 aromatic rings. The largest absolute Gasteiger partial charge is 0.508 e. The number of carbonyl (C=O) groups is 10. The third kappa shape index (κ3) is 25.6. The van der Waals surface area contributed by atoms with Gasteiger partial charge in [-0.3, -0.25) is 63.1 Å². The Morgan fingerprint density at radius 1 is 0.580 bits per heavy atom. The highest BCUT2D eigenvalue weighted by atomic mass is 16.6. The second kappa shape index (κ2) is 35.4. The zero-order valence-electron chi connectivity index (χ0n) is 46.8. The molecule has 0 saturated heterocycles. The number of phenolic OH excluding ortho intramolecular Hbond substituents is 1. The molecular weight excluding hydrogens is 1060 g/mol. The number of carboxylic acids is 1. The van der Waals surface area contributed by atoms with Crippen molar-refractivity contribution >= 4 is 70.7 Å². The Labute approximate surface area is 470 Å². The lowest BCUT2D eigenvalue weighted by Crippen LogP contribution is -2.61. The van der Waals surface area contributed by atoms with E-state index in [1.807, 2.05) is 6.92 Å². The molecule has 81 heavy (non-hydrogen) atoms. The molecular formula is C53H82N14O14. The van der Waals surface area contributed by atoms with E-state index in [-0.39, 0.29) is 54.6 Å². The summed E-state index contributed by atoms with van der Waals surface area (Å²) in [7, 11) is 0. The number of amides is 8. The molecule has 0 aliphatic carbocycles. The minimum Gasteiger partial charge on any atom is -0.508 e. The van der Waals surface area contributed by atoms with Gasteiger partial charge in [0.2, 0.25) is 47.3 Å². The maximum Gasteiger partial charge on any atom is 0.303 e. The maximum atomic E-state index is 14.7. The number of ketones is 1. The number of rotatable bonds is 37. The highest BCUT2D eigenvalue weighted by molar-refractivity contribution is 5.98. The number of carbonyl (C=O) groups excluding carboxylic acids is 9. The molecule has 0 unspecified atom stereocenters. The number of nitrogens with two attached hydrogens (primary N) is 4. The Bertz CT molecular complexity index is 2490. The minimum absolute atomic E-state index is 0.0498. The maximum absolute atomic E-state index is 14.7. The summed E-state index contributed by atoms with van der Waals surface area (Å²) in [5, 5.41) is 51.7. The molecule has 0 saturated carbocycles. The Morgan fingerprint density at radius 2 is 1.04 bits per heavy atom. The van der Waals surface area contributed by atoms with Gasteiger partial charge in [-0.1, -0.05) is 64.3 Å². The van der Waals surface area contributed by atoms with Crippen molar-refractivity contribution in [2.75, 3.05) is 13.1 Å². The van der Waals surface area contributed by atoms with Crippen LogP contribution in [0.2, 0.25) is 0 Å². The number of hydrogen-bond donors (Lipinski definition) is 14. The molecule has 0 aromatic heterocycles. The van der Waals surface area contributed by atoms with Crippen LogP contribution in [0.3, 0.4) is 0 Å². The van der Waals surface area contributed by atoms with Crippen molar-refractivity contribution in [3.05, 3.63) is 69.8 Å². The van der Waals surface area contributed by atoms with Gasteiger partial charge in [0, 0.05) is 37.9 Å². The van der Waals surface area contributed by atoms with E-state index in [4.69, 9.17) is 22.9 Å². The molecule has 0 spiro atoms. The van der Waals surface area contributed by atoms with E-state index >= 15 is 0 Å². The molecule has 0 aliphatic rings. The molecule has 18 N–H and O–H groups in total. The lowest BCUT2D eigenvalue weighted by molar-refractivity contribution is -0.384. The molecule has 2 aromatic carbocycles. The number of carboxylic acid groups (broad SMARTS) is 1. The molecule has 28 heteroatoms. The van der Waals surface area contributed by atoms with Crippen LogP contribution in [-0.4, -0.2) is 148 Å². The number of unbranched alkanes of at least 4 members (excludes halogenated alkanes) is 2. The van der Waals surface area contributed by atoms with Gasteiger partial charge in [-0.15, -0.1) is 0 Å². The summed E-state index contributed by atoms with van der Waals surface area (Å²) in [5.41, 5.74) is 22.9. The van der Waals surface area contributed by atoms with Crippen LogP contribution in [0.15, 0.2) is 53.5 Å². The van der Waals surface area contributed by atoms with Gasteiger partial charge in [-0.25, -0.2) is 0 Å². The van der Waals surface area contributed by atoms with Crippen molar-refractivity contribution in [3.63, 3.8) is 0 Å². The molecule has 0 bridgehead atoms. The van der Waals surface area contributed by atoms with Crippen molar-refractivity contribution in [1.82, 2.24) is 42.5 Å². The molecule has 0 fully saturated rings. The second-order valence-corrected chi connectivity index (χ2v) is 20.0. The normalized spacial score (nSPS) is 14.3. The SMILES string of the molecule is CCCC[C@H](NC(=O)[C@H](C)NC(=O)[C@H](CCC(=O)O)NC(=O)[C@H](Cc1ccc([N+](=O)[O-])cc1)NC(=O)[C@H](Cc1ccc(O)cc1)NC(=O)[C@@H](NC(=O)[C@H](CCCN=C(N)N)NC(=O)[C@H](C)NC(=O)[C@@H](N)CCCCN)C(C)C)C(C)=O. The zero-order chi connectivity index (χ0) is 60.9. The van der Waals surface area contributed by atoms with Gasteiger partial charge in [-0.05, 0) is 95.0 Å². The van der Waals surface area contributed by atoms with Gasteiger partial charge in [0.1, 0.15) is 48.0 Å². The number of guanidine groups is 1. The minimum atomic E-state index is -1.66. The molecule has 8 amide bonds. The van der Waals surface area contributed by atoms with Gasteiger partial charge in [0.25, 0.3) is 5.69 Å². The van der Waals surface area contributed by atoms with E-state index in [9.17, 15) is 68.3 Å². The van der Waals surface area contributed by atoms with Crippen molar-refractivity contribution in [2.24, 2.45) is 33.8 Å². The van der Waals surface area contributed by atoms with Gasteiger partial charge in [0.15, 0.2) is 11.7 Å². The molecule has 0 aliphatic heterocycles. The van der Waals surface area contributed by atoms with Gasteiger partial charge in [0.05, 0.1) is 17.0 Å². The summed E-state index contributed by atoms with van der Waals surface area (Å²) in [5.74, 6) is -9.63. The number of aliphatic carboxylic acids is 1. The number of phenols is 1. The van der Waals surface area contributed by atoms with Crippen LogP contribution in [0.1, 0.15) is 117 Å². The predicted molar refractivity (Wildman–Crippen MR) is 298 cm³/mol. The fraction of sp³-hybridized carbons (Fsp3) is 0.566. The average molecular weight is 1140 g/mol. The van der Waals surface area contributed by atoms with Gasteiger partial charge >= 0.3 is 5.97 Å². The number of nitrogens with zero attached hydrogens (tertiary/aromatic N) is 2. The fourth-order valence-corrected chi connectivity index (χ4v) is 7.96. The summed E-state index contributed by atoms with van der Waals surface area (Å²) < 4.78 is 0. The molecule has 9 atom stereocenters. The van der Waals surface area contributed by atoms with Crippen molar-refractivity contribution in [1.29, 1.82) is 0 Å². The number of non-ortho nitro benzene ring substituents is 1. The van der Waals surface area contributed by atoms with Crippen molar-refractivity contribution in [2.45, 2.75) is 173 Å². The van der Waals surface area contributed by atoms with E-state index in [1.165, 1.54) is 57.2 Å². The quantitative estimate of drug-likeness (QED) is 0.0124. The first-order valence-electron chi connectivity index (χ1n) is 26.8. The van der Waals surface area contributed by atoms with E-state index in [0.717, 1.165) is 18.6 Å². The van der Waals surface area contributed by atoms with Crippen LogP contribution in [0.5, 0.6) is 5.75 Å². The molecule has 0 radical (unpaired) electrons. The lowest BCUT2D eigenvalue weighted by atomic mass is 9.99. The molecule has 0 heterocycles. The molecule has 2 rings (SSSR count). The number of aromatic hydroxyl groups is 1. The topological polar surface area (TPSA) is 467 Å². The Kier molecular flexibility index (Phi) is 30.1. The Morgan fingerprint density at radius 3 is 1.53 bits per heavy atom. The number of hydrogen-bond acceptors (Lipinski definition) is 16. The number of nitro groups is 1. The van der Waals surface area contributed by atoms with Crippen molar-refractivity contribution in [3.8, 4) is 5.75 Å². The van der Waals surface area contributed by atoms with Gasteiger partial charge in [-0.2, -0.15) is 0 Å². The Balaban J connectivity index is 2.57. The highest BCUT2D eigenvalue weighted by Gasteiger charge is 2.35. The van der Waals surface area contributed by atoms with E-state index in [0.29, 0.717) is 44.2 Å². The zero-order valence-corrected chi connectivity index (χ0v) is 46.8. The fourth-order valence-electron chi connectivity index (χ4n) is 7.96. The molecule has 448 valence electrons. The van der Waals surface area contributed by atoms with Crippen LogP contribution in [0, 0.1) is 16.0 Å². The summed E-state index contributed by atoms with van der Waals surface area (Å²) in [6.07, 6.45) is 1.49. The third-order valence-corrected chi connectivity index (χ3v) is 12.8. The first-order valence-corrected chi connectivity index (χ1v) is 26.8. The van der Waals surface area contributed by atoms with Crippen molar-refractivity contribution < 1.29 is 63.1 Å². The number of nitro benzene ring substituents is 1. The van der Waals surface area contributed by atoms with Crippen LogP contribution in [0.25, 0.3) is 0 Å². The first-order chi connectivity index (χ1) is 38.2. The van der Waals surface area contributed by atoms with Crippen LogP contribution in [-0.2, 0) is 60.8 Å². The molecule has 28 nitrogen and oxygen atoms in total. The van der Waals surface area contributed by atoms with Gasteiger partial charge < -0.3 is 75.7 Å². The summed E-state index contributed by atoms with van der Waals surface area (Å²) in [6.45, 7) is 9.55. The highest BCUT2D eigenvalue weighted by Crippen LogP contribution is 2.16. The first kappa shape index (κ1) is 68.8. The number of nitrogens with one attached hydrogen (secondary N) is 8. The number of aliphatic imine (C=N–C) groups is 1. The average Bonchev–Trinajstić information content (AvgIpc) is 3.42. The second-order valence-electron chi connectivity index (χ2n) is 20.0. The standard InChI is InChI=1S/C53H82N14O14/c1-7-8-13-38(32(6)68)61-45(72)31(5)60-48(75)40(23-24-43(70)71)63-50(77)41(27-33-15-19-35(20-16-33)67(80)81)64-51(78)42(28-34-17-21-36(69)22-18-34)65-52(79)44(29(2)3)66-49(76)39(14-11-26-58-53(56)57)62-46(73)30(4)59-47(74)37(55)12-9-10-25-54/h15-22,29-31,37-42,44,69H,7-14,23-28,54-55H2,1-6H3,(H,59,74)(H,60,75)(H,61,72)(H,62,73)(H,63,77)(H,64,78)(H,65,79)(H,66,76)(H,70,71)(H4,56,57,58)/t30-,31-,37-,38-,39-,40-,41-,42-,44-/m0/s1. The summed E-state index contributed by atoms with van der Waals surface area (Å²) >= 11 is 0. The number of benzene rings is 2.